The molecule has 0 spiro atoms. The number of nitrogens with two attached hydrogens (primary N) is 1. The number of likely N-dealkylation sites (N-methyl/N-ethyl adjacent to an activating group) is 1. The molecule has 1 saturated heterocycles. The summed E-state index contributed by atoms with van der Waals surface area (Å²) in [6.45, 7) is 13.6. The number of benzene rings is 1. The Morgan fingerprint density at radius 1 is 1.12 bits per heavy atom. The molecular formula is C47H74N8O9S. The number of aliphatic hydroxyl groups is 1. The molecule has 0 saturated carbocycles. The molecule has 7 atom stereocenters. The van der Waals surface area contributed by atoms with E-state index in [0.717, 1.165) is 24.9 Å². The van der Waals surface area contributed by atoms with Gasteiger partial charge in [0.2, 0.25) is 11.8 Å². The lowest BCUT2D eigenvalue weighted by Crippen LogP contribution is -2.58. The van der Waals surface area contributed by atoms with Crippen LogP contribution in [0.1, 0.15) is 122 Å². The first kappa shape index (κ1) is 54.9. The van der Waals surface area contributed by atoms with Gasteiger partial charge in [0.05, 0.1) is 36.3 Å². The number of thiazole rings is 1. The van der Waals surface area contributed by atoms with E-state index in [4.69, 9.17) is 26.7 Å². The number of carbonyl (C=O) groups is 5. The van der Waals surface area contributed by atoms with Crippen molar-refractivity contribution < 1.29 is 43.8 Å². The van der Waals surface area contributed by atoms with Gasteiger partial charge in [-0.1, -0.05) is 52.7 Å². The summed E-state index contributed by atoms with van der Waals surface area (Å²) >= 11 is 1.31. The molecule has 362 valence electrons. The maximum absolute atomic E-state index is 14.8. The molecule has 1 aliphatic heterocycles. The lowest BCUT2D eigenvalue weighted by atomic mass is 9.84. The van der Waals surface area contributed by atoms with Crippen LogP contribution in [0, 0.1) is 29.6 Å². The zero-order valence-electron chi connectivity index (χ0n) is 39.6. The van der Waals surface area contributed by atoms with Crippen molar-refractivity contribution in [3.05, 3.63) is 45.9 Å². The van der Waals surface area contributed by atoms with Crippen molar-refractivity contribution in [1.82, 2.24) is 30.9 Å². The van der Waals surface area contributed by atoms with Gasteiger partial charge in [-0.05, 0) is 89.1 Å². The molecule has 2 aromatic rings. The van der Waals surface area contributed by atoms with Gasteiger partial charge in [0.1, 0.15) is 17.3 Å². The van der Waals surface area contributed by atoms with Crippen LogP contribution in [0.2, 0.25) is 0 Å². The number of aromatic nitrogens is 1. The summed E-state index contributed by atoms with van der Waals surface area (Å²) in [6, 6.07) is 5.12. The van der Waals surface area contributed by atoms with E-state index >= 15 is 0 Å². The Balaban J connectivity index is 1.86. The molecule has 17 nitrogen and oxygen atoms in total. The first-order valence-electron chi connectivity index (χ1n) is 22.8. The van der Waals surface area contributed by atoms with Crippen molar-refractivity contribution >= 4 is 46.7 Å². The number of likely N-dealkylation sites (tertiary alicyclic amines) is 1. The number of aliphatic carboxylic acids is 1. The van der Waals surface area contributed by atoms with Gasteiger partial charge in [-0.25, -0.2) is 10.0 Å². The summed E-state index contributed by atoms with van der Waals surface area (Å²) in [4.78, 5) is 78.9. The summed E-state index contributed by atoms with van der Waals surface area (Å²) < 4.78 is 5.93. The zero-order chi connectivity index (χ0) is 48.3. The van der Waals surface area contributed by atoms with Gasteiger partial charge in [0.15, 0.2) is 6.10 Å². The number of hydroxylamine groups is 2. The third-order valence-electron chi connectivity index (χ3n) is 11.8. The molecule has 1 aliphatic rings. The predicted octanol–water partition coefficient (Wildman–Crippen LogP) is 4.36. The highest BCUT2D eigenvalue weighted by Crippen LogP contribution is 2.32. The first-order valence-corrected chi connectivity index (χ1v) is 23.7. The number of esters is 1. The second-order valence-electron chi connectivity index (χ2n) is 18.0. The standard InChI is InChI=1S/C47H74N8O9S/c1-10-12-15-22-63-55(45(60)42(31(5)11-2)53-43(59)37-16-13-14-21-54(37)9)38(30(3)4)24-39(64-32(6)56)44-52-36(29-65-44)27-49-35(25-47(7,8)46(61)62)23-33-17-19-34(20-18-33)51-41(58)28-50-40(57)26-48/h1,17-20,29-31,35,37-40,42,49-50,57H,11-16,21-28,48H2,2-9H3,(H,51,58)(H,53,59)(H,61,62)/t31-,35-,37+,38+,39+,40?,42-/m0/s1. The van der Waals surface area contributed by atoms with Crippen LogP contribution in [0.4, 0.5) is 5.69 Å². The summed E-state index contributed by atoms with van der Waals surface area (Å²) in [7, 11) is 1.93. The smallest absolute Gasteiger partial charge is 0.309 e. The number of carboxylic acids is 1. The number of piperidine rings is 1. The van der Waals surface area contributed by atoms with Crippen LogP contribution in [0.5, 0.6) is 0 Å². The van der Waals surface area contributed by atoms with Crippen molar-refractivity contribution in [2.45, 2.75) is 149 Å². The van der Waals surface area contributed by atoms with E-state index in [9.17, 15) is 34.2 Å². The van der Waals surface area contributed by atoms with Gasteiger partial charge in [-0.3, -0.25) is 39.0 Å². The van der Waals surface area contributed by atoms with Crippen LogP contribution in [0.25, 0.3) is 0 Å². The number of anilines is 1. The normalized spacial score (nSPS) is 17.2. The number of carbonyl (C=O) groups excluding carboxylic acids is 4. The summed E-state index contributed by atoms with van der Waals surface area (Å²) in [5, 5.41) is 35.3. The highest BCUT2D eigenvalue weighted by molar-refractivity contribution is 7.09. The molecule has 1 aromatic heterocycles. The minimum atomic E-state index is -1.05. The van der Waals surface area contributed by atoms with Crippen LogP contribution < -0.4 is 27.0 Å². The topological polar surface area (TPSA) is 238 Å². The largest absolute Gasteiger partial charge is 0.481 e. The maximum atomic E-state index is 14.8. The van der Waals surface area contributed by atoms with Gasteiger partial charge < -0.3 is 36.6 Å². The van der Waals surface area contributed by atoms with Crippen LogP contribution >= 0.6 is 11.3 Å². The number of ether oxygens (including phenoxy) is 1. The Kier molecular flexibility index (Phi) is 23.0. The number of carboxylic acid groups (broad SMARTS) is 1. The lowest BCUT2D eigenvalue weighted by Gasteiger charge is -2.39. The van der Waals surface area contributed by atoms with Gasteiger partial charge in [-0.15, -0.1) is 23.7 Å². The average molecular weight is 927 g/mol. The third kappa shape index (κ3) is 18.0. The molecule has 3 amide bonds. The van der Waals surface area contributed by atoms with Gasteiger partial charge >= 0.3 is 11.9 Å². The summed E-state index contributed by atoms with van der Waals surface area (Å²) in [5.41, 5.74) is 6.45. The molecule has 0 bridgehead atoms. The number of hydrogen-bond acceptors (Lipinski definition) is 14. The van der Waals surface area contributed by atoms with Crippen LogP contribution in [0.15, 0.2) is 29.6 Å². The van der Waals surface area contributed by atoms with E-state index in [1.54, 1.807) is 26.0 Å². The first-order chi connectivity index (χ1) is 30.8. The number of amides is 3. The van der Waals surface area contributed by atoms with E-state index in [1.807, 2.05) is 57.2 Å². The quantitative estimate of drug-likeness (QED) is 0.0207. The number of nitrogens with one attached hydrogen (secondary N) is 4. The number of terminal acetylenes is 1. The minimum Gasteiger partial charge on any atom is -0.481 e. The lowest BCUT2D eigenvalue weighted by molar-refractivity contribution is -0.213. The molecule has 65 heavy (non-hydrogen) atoms. The second kappa shape index (κ2) is 27.2. The molecule has 3 rings (SSSR count). The molecule has 18 heteroatoms. The van der Waals surface area contributed by atoms with E-state index in [2.05, 4.69) is 27.2 Å². The molecule has 1 fully saturated rings. The Labute approximate surface area is 389 Å². The average Bonchev–Trinajstić information content (AvgIpc) is 3.74. The Hall–Kier alpha value is -4.48. The van der Waals surface area contributed by atoms with Gasteiger partial charge in [-0.2, -0.15) is 0 Å². The number of unbranched alkanes of at least 4 members (excludes halogenated alkanes) is 1. The van der Waals surface area contributed by atoms with Gasteiger partial charge in [0.25, 0.3) is 5.91 Å². The molecule has 1 unspecified atom stereocenters. The Morgan fingerprint density at radius 3 is 2.43 bits per heavy atom. The molecule has 8 N–H and O–H groups in total. The summed E-state index contributed by atoms with van der Waals surface area (Å²) in [6.07, 6.45) is 8.85. The van der Waals surface area contributed by atoms with Crippen molar-refractivity contribution in [1.29, 1.82) is 0 Å². The molecule has 1 aromatic carbocycles. The van der Waals surface area contributed by atoms with Crippen molar-refractivity contribution in [2.24, 2.45) is 23.0 Å². The highest BCUT2D eigenvalue weighted by Gasteiger charge is 2.40. The van der Waals surface area contributed by atoms with E-state index in [1.165, 1.54) is 23.3 Å². The molecule has 0 radical (unpaired) electrons. The fraction of sp³-hybridized carbons (Fsp3) is 0.660. The SMILES string of the molecule is C#CCCCON(C(=O)[C@@H](NC(=O)[C@H]1CCCCN1C)[C@@H](C)CC)[C@H](C[C@@H](OC(C)=O)c1nc(CN[C@@H](Cc2ccc(NC(=O)CNC(O)CN)cc2)CC(C)(C)C(=O)O)cs1)C(C)C. The maximum Gasteiger partial charge on any atom is 0.309 e. The number of nitrogens with zero attached hydrogens (tertiary/aromatic N) is 3. The van der Waals surface area contributed by atoms with Crippen molar-refractivity contribution in [3.63, 3.8) is 0 Å². The second-order valence-corrected chi connectivity index (χ2v) is 18.9. The molecule has 2 heterocycles. The van der Waals surface area contributed by atoms with Crippen molar-refractivity contribution in [3.8, 4) is 12.3 Å². The van der Waals surface area contributed by atoms with E-state index in [0.29, 0.717) is 54.9 Å². The number of aliphatic hydroxyl groups excluding tert-OH is 1. The third-order valence-corrected chi connectivity index (χ3v) is 12.8. The minimum absolute atomic E-state index is 0.0261. The highest BCUT2D eigenvalue weighted by atomic mass is 32.1. The summed E-state index contributed by atoms with van der Waals surface area (Å²) in [5.74, 6) is -0.165. The fourth-order valence-corrected chi connectivity index (χ4v) is 8.48. The Bertz CT molecular complexity index is 1870. The molecule has 0 aliphatic carbocycles. The number of hydrogen-bond donors (Lipinski definition) is 7. The zero-order valence-corrected chi connectivity index (χ0v) is 40.4. The van der Waals surface area contributed by atoms with Crippen LogP contribution in [-0.4, -0.2) is 119 Å². The van der Waals surface area contributed by atoms with Crippen LogP contribution in [-0.2, 0) is 46.5 Å². The monoisotopic (exact) mass is 927 g/mol. The van der Waals surface area contributed by atoms with E-state index < -0.39 is 41.8 Å². The van der Waals surface area contributed by atoms with Crippen molar-refractivity contribution in [2.75, 3.05) is 38.6 Å². The fourth-order valence-electron chi connectivity index (χ4n) is 7.62. The van der Waals surface area contributed by atoms with E-state index in [-0.39, 0.29) is 74.3 Å². The van der Waals surface area contributed by atoms with Crippen LogP contribution in [0.3, 0.4) is 0 Å². The Morgan fingerprint density at radius 2 is 1.83 bits per heavy atom. The van der Waals surface area contributed by atoms with Gasteiger partial charge in [0, 0.05) is 50.0 Å². The predicted molar refractivity (Wildman–Crippen MR) is 251 cm³/mol. The number of rotatable bonds is 28. The molecular weight excluding hydrogens is 853 g/mol.